The summed E-state index contributed by atoms with van der Waals surface area (Å²) in [5.74, 6) is 1.82. The maximum Gasteiger partial charge on any atom is 0.156 e. The van der Waals surface area contributed by atoms with Gasteiger partial charge in [0.1, 0.15) is 0 Å². The van der Waals surface area contributed by atoms with E-state index in [1.807, 2.05) is 25.6 Å². The molecule has 1 N–H and O–H groups in total. The summed E-state index contributed by atoms with van der Waals surface area (Å²) in [6, 6.07) is 0.583. The van der Waals surface area contributed by atoms with Crippen molar-refractivity contribution in [3.8, 4) is 0 Å². The van der Waals surface area contributed by atoms with Gasteiger partial charge in [0.05, 0.1) is 19.3 Å². The van der Waals surface area contributed by atoms with Crippen LogP contribution in [0.5, 0.6) is 0 Å². The third kappa shape index (κ3) is 4.89. The molecule has 0 amide bonds. The van der Waals surface area contributed by atoms with E-state index < -0.39 is 0 Å². The van der Waals surface area contributed by atoms with Gasteiger partial charge >= 0.3 is 0 Å². The molecule has 0 spiro atoms. The van der Waals surface area contributed by atoms with Crippen LogP contribution in [-0.4, -0.2) is 36.2 Å². The third-order valence-corrected chi connectivity index (χ3v) is 3.36. The van der Waals surface area contributed by atoms with Crippen molar-refractivity contribution in [3.05, 3.63) is 0 Å². The Labute approximate surface area is 97.1 Å². The Balaban J connectivity index is 2.19. The number of amidine groups is 1. The van der Waals surface area contributed by atoms with Crippen LogP contribution in [0.2, 0.25) is 0 Å². The molecule has 0 aromatic rings. The van der Waals surface area contributed by atoms with E-state index in [4.69, 9.17) is 4.74 Å². The summed E-state index contributed by atoms with van der Waals surface area (Å²) in [6.45, 7) is 10.1. The molecule has 0 radical (unpaired) electrons. The van der Waals surface area contributed by atoms with Crippen LogP contribution in [0, 0.1) is 5.92 Å². The maximum absolute atomic E-state index is 5.43. The van der Waals surface area contributed by atoms with Crippen molar-refractivity contribution in [1.29, 1.82) is 0 Å². The zero-order valence-corrected chi connectivity index (χ0v) is 10.9. The van der Waals surface area contributed by atoms with Crippen molar-refractivity contribution in [1.82, 2.24) is 5.32 Å². The highest BCUT2D eigenvalue weighted by Gasteiger charge is 2.22. The monoisotopic (exact) mass is 230 g/mol. The average molecular weight is 230 g/mol. The normalized spacial score (nSPS) is 24.1. The van der Waals surface area contributed by atoms with E-state index in [0.29, 0.717) is 18.1 Å². The van der Waals surface area contributed by atoms with Crippen LogP contribution in [0.15, 0.2) is 4.99 Å². The molecule has 0 saturated carbocycles. The minimum Gasteiger partial charge on any atom is -0.377 e. The van der Waals surface area contributed by atoms with Gasteiger partial charge in [-0.05, 0) is 19.8 Å². The number of nitrogens with one attached hydrogen (secondary N) is 1. The van der Waals surface area contributed by atoms with Crippen molar-refractivity contribution in [2.24, 2.45) is 10.9 Å². The Hall–Kier alpha value is -0.220. The zero-order valence-electron chi connectivity index (χ0n) is 10.1. The first-order valence-corrected chi connectivity index (χ1v) is 6.63. The summed E-state index contributed by atoms with van der Waals surface area (Å²) in [7, 11) is 0. The molecule has 1 rings (SSSR count). The van der Waals surface area contributed by atoms with Crippen molar-refractivity contribution < 1.29 is 4.74 Å². The molecule has 15 heavy (non-hydrogen) atoms. The number of hydrogen-bond acceptors (Lipinski definition) is 3. The van der Waals surface area contributed by atoms with E-state index in [9.17, 15) is 0 Å². The maximum atomic E-state index is 5.43. The van der Waals surface area contributed by atoms with Crippen LogP contribution < -0.4 is 5.32 Å². The summed E-state index contributed by atoms with van der Waals surface area (Å²) in [6.07, 6.45) is 0.304. The molecule has 1 fully saturated rings. The lowest BCUT2D eigenvalue weighted by atomic mass is 10.1. The smallest absolute Gasteiger partial charge is 0.156 e. The average Bonchev–Trinajstić information content (AvgIpc) is 2.60. The molecule has 0 aliphatic carbocycles. The number of ether oxygens (including phenoxy) is 1. The summed E-state index contributed by atoms with van der Waals surface area (Å²) < 4.78 is 5.43. The van der Waals surface area contributed by atoms with Gasteiger partial charge in [-0.15, -0.1) is 0 Å². The molecule has 1 aliphatic rings. The molecule has 1 aliphatic heterocycles. The fourth-order valence-electron chi connectivity index (χ4n) is 1.30. The molecule has 3 nitrogen and oxygen atoms in total. The van der Waals surface area contributed by atoms with Gasteiger partial charge in [0.25, 0.3) is 0 Å². The second-order valence-electron chi connectivity index (χ2n) is 4.41. The lowest BCUT2D eigenvalue weighted by Crippen LogP contribution is -2.31. The number of thioether (sulfide) groups is 1. The minimum absolute atomic E-state index is 0.304. The van der Waals surface area contributed by atoms with Crippen LogP contribution in [0.1, 0.15) is 27.7 Å². The molecule has 0 aromatic heterocycles. The van der Waals surface area contributed by atoms with Crippen LogP contribution in [0.3, 0.4) is 0 Å². The number of hydrogen-bond donors (Lipinski definition) is 1. The summed E-state index contributed by atoms with van der Waals surface area (Å²) in [4.78, 5) is 4.47. The van der Waals surface area contributed by atoms with Crippen LogP contribution in [0.4, 0.5) is 0 Å². The second kappa shape index (κ2) is 6.38. The van der Waals surface area contributed by atoms with Crippen molar-refractivity contribution >= 4 is 16.9 Å². The van der Waals surface area contributed by atoms with Gasteiger partial charge in [-0.25, -0.2) is 0 Å². The molecule has 0 aromatic carbocycles. The Kier molecular flexibility index (Phi) is 5.47. The molecule has 0 unspecified atom stereocenters. The Bertz CT molecular complexity index is 217. The van der Waals surface area contributed by atoms with Crippen LogP contribution >= 0.6 is 11.8 Å². The zero-order chi connectivity index (χ0) is 11.3. The minimum atomic E-state index is 0.304. The highest BCUT2D eigenvalue weighted by atomic mass is 32.2. The largest absolute Gasteiger partial charge is 0.377 e. The third-order valence-electron chi connectivity index (χ3n) is 2.31. The number of aliphatic imine (C=N–C) groups is 1. The predicted molar refractivity (Wildman–Crippen MR) is 67.6 cm³/mol. The summed E-state index contributed by atoms with van der Waals surface area (Å²) in [5.41, 5.74) is 0. The van der Waals surface area contributed by atoms with Crippen molar-refractivity contribution in [2.75, 3.05) is 18.9 Å². The highest BCUT2D eigenvalue weighted by Crippen LogP contribution is 2.18. The molecular formula is C11H22N2OS. The van der Waals surface area contributed by atoms with Gasteiger partial charge < -0.3 is 10.1 Å². The van der Waals surface area contributed by atoms with Gasteiger partial charge in [-0.2, -0.15) is 0 Å². The van der Waals surface area contributed by atoms with E-state index in [-0.39, 0.29) is 0 Å². The van der Waals surface area contributed by atoms with Gasteiger partial charge in [-0.1, -0.05) is 25.6 Å². The first-order valence-electron chi connectivity index (χ1n) is 5.65. The van der Waals surface area contributed by atoms with Crippen LogP contribution in [-0.2, 0) is 4.74 Å². The summed E-state index contributed by atoms with van der Waals surface area (Å²) >= 11 is 1.82. The molecule has 4 heteroatoms. The quantitative estimate of drug-likeness (QED) is 0.735. The van der Waals surface area contributed by atoms with Gasteiger partial charge in [0.2, 0.25) is 0 Å². The van der Waals surface area contributed by atoms with Crippen molar-refractivity contribution in [3.63, 3.8) is 0 Å². The molecule has 0 bridgehead atoms. The van der Waals surface area contributed by atoms with Gasteiger partial charge in [-0.3, -0.25) is 4.99 Å². The molecule has 88 valence electrons. The Morgan fingerprint density at radius 3 is 2.73 bits per heavy atom. The predicted octanol–water partition coefficient (Wildman–Crippen LogP) is 2.13. The first-order chi connectivity index (χ1) is 7.09. The fraction of sp³-hybridized carbons (Fsp3) is 0.909. The fourth-order valence-corrected chi connectivity index (χ4v) is 2.52. The highest BCUT2D eigenvalue weighted by molar-refractivity contribution is 8.14. The van der Waals surface area contributed by atoms with Crippen LogP contribution in [0.25, 0.3) is 0 Å². The first kappa shape index (κ1) is 12.8. The molecule has 1 heterocycles. The molecule has 1 saturated heterocycles. The topological polar surface area (TPSA) is 33.6 Å². The summed E-state index contributed by atoms with van der Waals surface area (Å²) in [5, 5.41) is 4.52. The number of rotatable bonds is 5. The Morgan fingerprint density at radius 2 is 2.20 bits per heavy atom. The second-order valence-corrected chi connectivity index (χ2v) is 5.42. The Morgan fingerprint density at radius 1 is 1.47 bits per heavy atom. The van der Waals surface area contributed by atoms with E-state index in [0.717, 1.165) is 24.1 Å². The van der Waals surface area contributed by atoms with E-state index in [1.54, 1.807) is 0 Å². The number of nitrogens with zero attached hydrogens (tertiary/aromatic N) is 1. The van der Waals surface area contributed by atoms with E-state index in [2.05, 4.69) is 24.2 Å². The van der Waals surface area contributed by atoms with E-state index >= 15 is 0 Å². The molecule has 1 atom stereocenters. The van der Waals surface area contributed by atoms with Gasteiger partial charge in [0.15, 0.2) is 5.17 Å². The SMILES string of the molecule is CC(C)OCCN=C1N[C@@H](C(C)C)CS1. The van der Waals surface area contributed by atoms with Gasteiger partial charge in [0, 0.05) is 11.8 Å². The molecular weight excluding hydrogens is 208 g/mol. The lowest BCUT2D eigenvalue weighted by Gasteiger charge is -2.13. The standard InChI is InChI=1S/C11H22N2OS/c1-8(2)10-7-15-11(13-10)12-5-6-14-9(3)4/h8-10H,5-7H2,1-4H3,(H,12,13)/t10-/m1/s1. The lowest BCUT2D eigenvalue weighted by molar-refractivity contribution is 0.0853. The van der Waals surface area contributed by atoms with E-state index in [1.165, 1.54) is 0 Å². The van der Waals surface area contributed by atoms with Crippen molar-refractivity contribution in [2.45, 2.75) is 39.8 Å².